The highest BCUT2D eigenvalue weighted by Gasteiger charge is 2.35. The third kappa shape index (κ3) is 4.88. The molecule has 1 heterocycles. The molecule has 3 rings (SSSR count). The molecule has 1 fully saturated rings. The lowest BCUT2D eigenvalue weighted by Gasteiger charge is -2.19. The number of carbonyl (C=O) groups is 2. The van der Waals surface area contributed by atoms with Gasteiger partial charge in [0.1, 0.15) is 5.75 Å². The van der Waals surface area contributed by atoms with Crippen LogP contribution in [0.5, 0.6) is 5.75 Å². The lowest BCUT2D eigenvalue weighted by atomic mass is 10.0. The summed E-state index contributed by atoms with van der Waals surface area (Å²) in [5.74, 6) is 0.306. The number of nitrogens with zero attached hydrogens (tertiary/aromatic N) is 1. The molecular weight excluding hydrogens is 340 g/mol. The molecule has 1 saturated heterocycles. The fraction of sp³-hybridized carbons (Fsp3) is 0.364. The van der Waals surface area contributed by atoms with Gasteiger partial charge in [0.05, 0.1) is 13.0 Å². The largest absolute Gasteiger partial charge is 0.497 e. The maximum absolute atomic E-state index is 12.6. The van der Waals surface area contributed by atoms with Crippen molar-refractivity contribution < 1.29 is 14.3 Å². The Balaban J connectivity index is 1.53. The van der Waals surface area contributed by atoms with Crippen molar-refractivity contribution in [2.24, 2.45) is 5.92 Å². The Morgan fingerprint density at radius 2 is 2.00 bits per heavy atom. The molecule has 142 valence electrons. The molecule has 2 amide bonds. The van der Waals surface area contributed by atoms with Crippen molar-refractivity contribution >= 4 is 17.5 Å². The third-order valence-electron chi connectivity index (χ3n) is 4.96. The van der Waals surface area contributed by atoms with E-state index in [1.165, 1.54) is 5.56 Å². The Morgan fingerprint density at radius 1 is 1.22 bits per heavy atom. The van der Waals surface area contributed by atoms with Crippen LogP contribution in [0.4, 0.5) is 5.69 Å². The van der Waals surface area contributed by atoms with Crippen molar-refractivity contribution in [3.63, 3.8) is 0 Å². The second-order valence-electron chi connectivity index (χ2n) is 7.04. The first-order valence-corrected chi connectivity index (χ1v) is 9.35. The van der Waals surface area contributed by atoms with Gasteiger partial charge in [-0.2, -0.15) is 0 Å². The molecule has 0 radical (unpaired) electrons. The molecule has 2 atom stereocenters. The highest BCUT2D eigenvalue weighted by Crippen LogP contribution is 2.28. The molecule has 0 bridgehead atoms. The highest BCUT2D eigenvalue weighted by molar-refractivity contribution is 6.00. The fourth-order valence-corrected chi connectivity index (χ4v) is 3.37. The van der Waals surface area contributed by atoms with Gasteiger partial charge in [0.2, 0.25) is 11.8 Å². The Labute approximate surface area is 160 Å². The Hall–Kier alpha value is -2.82. The number of nitrogens with one attached hydrogen (secondary N) is 1. The van der Waals surface area contributed by atoms with Gasteiger partial charge in [0.15, 0.2) is 0 Å². The topological polar surface area (TPSA) is 58.6 Å². The first-order valence-electron chi connectivity index (χ1n) is 9.35. The minimum absolute atomic E-state index is 0.0275. The van der Waals surface area contributed by atoms with Crippen molar-refractivity contribution in [1.29, 1.82) is 0 Å². The van der Waals surface area contributed by atoms with Crippen LogP contribution in [0.2, 0.25) is 0 Å². The molecule has 0 aliphatic carbocycles. The predicted molar refractivity (Wildman–Crippen MR) is 106 cm³/mol. The van der Waals surface area contributed by atoms with E-state index < -0.39 is 0 Å². The van der Waals surface area contributed by atoms with E-state index in [0.717, 1.165) is 18.5 Å². The number of anilines is 1. The molecule has 27 heavy (non-hydrogen) atoms. The lowest BCUT2D eigenvalue weighted by Crippen LogP contribution is -2.38. The van der Waals surface area contributed by atoms with Crippen molar-refractivity contribution in [2.75, 3.05) is 18.6 Å². The number of ether oxygens (including phenoxy) is 1. The summed E-state index contributed by atoms with van der Waals surface area (Å²) in [5.41, 5.74) is 2.03. The first kappa shape index (κ1) is 19.0. The van der Waals surface area contributed by atoms with Crippen LogP contribution in [0.3, 0.4) is 0 Å². The van der Waals surface area contributed by atoms with E-state index in [9.17, 15) is 9.59 Å². The molecule has 2 unspecified atom stereocenters. The molecule has 2 aromatic rings. The maximum Gasteiger partial charge on any atom is 0.227 e. The number of amides is 2. The number of hydrogen-bond acceptors (Lipinski definition) is 3. The van der Waals surface area contributed by atoms with E-state index in [1.54, 1.807) is 12.0 Å². The molecule has 0 aromatic heterocycles. The van der Waals surface area contributed by atoms with E-state index in [2.05, 4.69) is 17.4 Å². The van der Waals surface area contributed by atoms with Crippen molar-refractivity contribution in [3.05, 3.63) is 60.2 Å². The molecule has 5 heteroatoms. The highest BCUT2D eigenvalue weighted by atomic mass is 16.5. The first-order chi connectivity index (χ1) is 13.1. The molecular formula is C22H26N2O3. The van der Waals surface area contributed by atoms with Crippen LogP contribution in [-0.2, 0) is 16.0 Å². The van der Waals surface area contributed by atoms with Crippen LogP contribution in [0.15, 0.2) is 54.6 Å². The van der Waals surface area contributed by atoms with E-state index in [1.807, 2.05) is 49.4 Å². The summed E-state index contributed by atoms with van der Waals surface area (Å²) < 4.78 is 5.22. The molecule has 0 spiro atoms. The number of hydrogen-bond donors (Lipinski definition) is 1. The summed E-state index contributed by atoms with van der Waals surface area (Å²) in [6.45, 7) is 2.42. The van der Waals surface area contributed by atoms with E-state index in [4.69, 9.17) is 4.74 Å². The second kappa shape index (κ2) is 8.71. The van der Waals surface area contributed by atoms with Gasteiger partial charge in [-0.1, -0.05) is 36.4 Å². The summed E-state index contributed by atoms with van der Waals surface area (Å²) in [5, 5.41) is 3.06. The smallest absolute Gasteiger partial charge is 0.227 e. The minimum Gasteiger partial charge on any atom is -0.497 e. The average Bonchev–Trinajstić information content (AvgIpc) is 3.09. The van der Waals surface area contributed by atoms with Gasteiger partial charge in [-0.25, -0.2) is 0 Å². The Bertz CT molecular complexity index is 791. The zero-order valence-corrected chi connectivity index (χ0v) is 15.9. The Morgan fingerprint density at radius 3 is 2.74 bits per heavy atom. The number of methoxy groups -OCH3 is 1. The second-order valence-corrected chi connectivity index (χ2v) is 7.04. The SMILES string of the molecule is COc1cccc(N2CC(C(=O)NC(C)CCc3ccccc3)CC2=O)c1. The van der Waals surface area contributed by atoms with E-state index >= 15 is 0 Å². The fourth-order valence-electron chi connectivity index (χ4n) is 3.37. The summed E-state index contributed by atoms with van der Waals surface area (Å²) in [6.07, 6.45) is 2.03. The lowest BCUT2D eigenvalue weighted by molar-refractivity contribution is -0.126. The molecule has 1 aliphatic rings. The summed E-state index contributed by atoms with van der Waals surface area (Å²) >= 11 is 0. The zero-order chi connectivity index (χ0) is 19.2. The maximum atomic E-state index is 12.6. The van der Waals surface area contributed by atoms with Crippen LogP contribution in [0.1, 0.15) is 25.3 Å². The van der Waals surface area contributed by atoms with Gasteiger partial charge in [-0.05, 0) is 37.5 Å². The van der Waals surface area contributed by atoms with E-state index in [0.29, 0.717) is 12.3 Å². The van der Waals surface area contributed by atoms with Crippen molar-refractivity contribution in [1.82, 2.24) is 5.32 Å². The number of rotatable bonds is 7. The normalized spacial score (nSPS) is 17.6. The molecule has 1 aliphatic heterocycles. The predicted octanol–water partition coefficient (Wildman–Crippen LogP) is 3.19. The third-order valence-corrected chi connectivity index (χ3v) is 4.96. The molecule has 5 nitrogen and oxygen atoms in total. The van der Waals surface area contributed by atoms with Crippen LogP contribution in [-0.4, -0.2) is 31.5 Å². The van der Waals surface area contributed by atoms with Gasteiger partial charge in [0.25, 0.3) is 0 Å². The average molecular weight is 366 g/mol. The number of aryl methyl sites for hydroxylation is 1. The molecule has 2 aromatic carbocycles. The van der Waals surface area contributed by atoms with Gasteiger partial charge in [-0.3, -0.25) is 9.59 Å². The summed E-state index contributed by atoms with van der Waals surface area (Å²) in [7, 11) is 1.60. The standard InChI is InChI=1S/C22H26N2O3/c1-16(11-12-17-7-4-3-5-8-17)23-22(26)18-13-21(25)24(15-18)19-9-6-10-20(14-19)27-2/h3-10,14,16,18H,11-13,15H2,1-2H3,(H,23,26). The van der Waals surface area contributed by atoms with Crippen LogP contribution >= 0.6 is 0 Å². The van der Waals surface area contributed by atoms with E-state index in [-0.39, 0.29) is 30.2 Å². The zero-order valence-electron chi connectivity index (χ0n) is 15.9. The quantitative estimate of drug-likeness (QED) is 0.819. The van der Waals surface area contributed by atoms with Crippen molar-refractivity contribution in [3.8, 4) is 5.75 Å². The molecule has 0 saturated carbocycles. The van der Waals surface area contributed by atoms with Gasteiger partial charge in [-0.15, -0.1) is 0 Å². The molecule has 1 N–H and O–H groups in total. The summed E-state index contributed by atoms with van der Waals surface area (Å²) in [4.78, 5) is 26.7. The number of carbonyl (C=O) groups excluding carboxylic acids is 2. The van der Waals surface area contributed by atoms with Crippen LogP contribution in [0.25, 0.3) is 0 Å². The van der Waals surface area contributed by atoms with Crippen molar-refractivity contribution in [2.45, 2.75) is 32.2 Å². The minimum atomic E-state index is -0.317. The van der Waals surface area contributed by atoms with Crippen LogP contribution in [0, 0.1) is 5.92 Å². The summed E-state index contributed by atoms with van der Waals surface area (Å²) in [6, 6.07) is 17.7. The van der Waals surface area contributed by atoms with Crippen LogP contribution < -0.4 is 15.0 Å². The monoisotopic (exact) mass is 366 g/mol. The van der Waals surface area contributed by atoms with Gasteiger partial charge < -0.3 is 15.0 Å². The number of benzene rings is 2. The van der Waals surface area contributed by atoms with Gasteiger partial charge >= 0.3 is 0 Å². The Kier molecular flexibility index (Phi) is 6.12. The van der Waals surface area contributed by atoms with Gasteiger partial charge in [0, 0.05) is 30.8 Å².